The maximum absolute atomic E-state index is 6.25. The second-order valence-corrected chi connectivity index (χ2v) is 6.58. The maximum Gasteiger partial charge on any atom is 0.0963 e. The first kappa shape index (κ1) is 13.3. The molecule has 1 aromatic carbocycles. The van der Waals surface area contributed by atoms with Crippen molar-refractivity contribution in [2.75, 3.05) is 19.7 Å². The van der Waals surface area contributed by atoms with Gasteiger partial charge in [-0.2, -0.15) is 0 Å². The average molecular weight is 319 g/mol. The Morgan fingerprint density at radius 2 is 2.24 bits per heavy atom. The van der Waals surface area contributed by atoms with Gasteiger partial charge in [0.2, 0.25) is 0 Å². The quantitative estimate of drug-likeness (QED) is 0.850. The molecule has 1 N–H and O–H groups in total. The van der Waals surface area contributed by atoms with Gasteiger partial charge in [0.1, 0.15) is 0 Å². The van der Waals surface area contributed by atoms with Crippen molar-refractivity contribution in [1.82, 2.24) is 5.32 Å². The van der Waals surface area contributed by atoms with Crippen molar-refractivity contribution in [2.24, 2.45) is 5.41 Å². The zero-order chi connectivity index (χ0) is 12.5. The number of ether oxygens (including phenoxy) is 1. The Labute approximate surface area is 116 Å². The fraction of sp³-hybridized carbons (Fsp3) is 0.538. The molecular formula is C13H17BrClNO. The Balaban J connectivity index is 2.17. The number of rotatable bonds is 1. The molecular weight excluding hydrogens is 302 g/mol. The van der Waals surface area contributed by atoms with Crippen molar-refractivity contribution in [3.05, 3.63) is 33.3 Å². The molecule has 0 radical (unpaired) electrons. The van der Waals surface area contributed by atoms with E-state index in [-0.39, 0.29) is 11.5 Å². The fourth-order valence-electron chi connectivity index (χ4n) is 1.94. The second kappa shape index (κ2) is 5.27. The number of halogens is 2. The lowest BCUT2D eigenvalue weighted by molar-refractivity contribution is 0.0260. The van der Waals surface area contributed by atoms with Crippen LogP contribution in [-0.4, -0.2) is 19.7 Å². The summed E-state index contributed by atoms with van der Waals surface area (Å²) >= 11 is 9.66. The average Bonchev–Trinajstić information content (AvgIpc) is 2.40. The van der Waals surface area contributed by atoms with Crippen molar-refractivity contribution in [2.45, 2.75) is 20.0 Å². The van der Waals surface area contributed by atoms with Gasteiger partial charge in [0.05, 0.1) is 12.7 Å². The van der Waals surface area contributed by atoms with Crippen LogP contribution in [0.3, 0.4) is 0 Å². The minimum Gasteiger partial charge on any atom is -0.372 e. The number of nitrogens with one attached hydrogen (secondary N) is 1. The molecule has 1 saturated heterocycles. The molecule has 0 aromatic heterocycles. The number of hydrogen-bond acceptors (Lipinski definition) is 2. The van der Waals surface area contributed by atoms with E-state index in [9.17, 15) is 0 Å². The van der Waals surface area contributed by atoms with Crippen molar-refractivity contribution in [3.63, 3.8) is 0 Å². The summed E-state index contributed by atoms with van der Waals surface area (Å²) < 4.78 is 6.96. The molecule has 1 atom stereocenters. The fourth-order valence-corrected chi connectivity index (χ4v) is 2.74. The van der Waals surface area contributed by atoms with E-state index in [4.69, 9.17) is 16.3 Å². The molecule has 0 saturated carbocycles. The van der Waals surface area contributed by atoms with Gasteiger partial charge in [-0.05, 0) is 12.1 Å². The van der Waals surface area contributed by atoms with Gasteiger partial charge >= 0.3 is 0 Å². The highest BCUT2D eigenvalue weighted by molar-refractivity contribution is 9.10. The molecule has 17 heavy (non-hydrogen) atoms. The van der Waals surface area contributed by atoms with Gasteiger partial charge in [0, 0.05) is 33.6 Å². The lowest BCUT2D eigenvalue weighted by Gasteiger charge is -2.22. The third-order valence-electron chi connectivity index (χ3n) is 2.92. The van der Waals surface area contributed by atoms with E-state index in [0.717, 1.165) is 34.8 Å². The third kappa shape index (κ3) is 3.44. The Morgan fingerprint density at radius 1 is 1.47 bits per heavy atom. The summed E-state index contributed by atoms with van der Waals surface area (Å²) in [4.78, 5) is 0. The standard InChI is InChI=1S/C13H17BrClNO/c1-13(2)7-16-6-12(17-8-13)10-4-3-9(14)5-11(10)15/h3-5,12,16H,6-8H2,1-2H3. The summed E-state index contributed by atoms with van der Waals surface area (Å²) in [5.74, 6) is 0. The van der Waals surface area contributed by atoms with Gasteiger partial charge in [-0.3, -0.25) is 0 Å². The Hall–Kier alpha value is -0.0900. The van der Waals surface area contributed by atoms with Crippen molar-refractivity contribution < 1.29 is 4.74 Å². The van der Waals surface area contributed by atoms with Crippen molar-refractivity contribution >= 4 is 27.5 Å². The zero-order valence-electron chi connectivity index (χ0n) is 10.1. The molecule has 1 aliphatic heterocycles. The van der Waals surface area contributed by atoms with Gasteiger partial charge in [0.25, 0.3) is 0 Å². The molecule has 1 unspecified atom stereocenters. The molecule has 0 amide bonds. The van der Waals surface area contributed by atoms with E-state index in [1.54, 1.807) is 0 Å². The van der Waals surface area contributed by atoms with Crippen LogP contribution in [0, 0.1) is 5.41 Å². The zero-order valence-corrected chi connectivity index (χ0v) is 12.4. The molecule has 0 bridgehead atoms. The van der Waals surface area contributed by atoms with Crippen LogP contribution in [0.5, 0.6) is 0 Å². The lowest BCUT2D eigenvalue weighted by Crippen LogP contribution is -2.29. The van der Waals surface area contributed by atoms with Crippen LogP contribution in [0.4, 0.5) is 0 Å². The molecule has 1 fully saturated rings. The van der Waals surface area contributed by atoms with Crippen LogP contribution < -0.4 is 5.32 Å². The summed E-state index contributed by atoms with van der Waals surface area (Å²) in [5.41, 5.74) is 1.23. The summed E-state index contributed by atoms with van der Waals surface area (Å²) in [6.45, 7) is 6.93. The van der Waals surface area contributed by atoms with Gasteiger partial charge in [-0.1, -0.05) is 47.4 Å². The minimum atomic E-state index is 0.0392. The number of hydrogen-bond donors (Lipinski definition) is 1. The van der Waals surface area contributed by atoms with Crippen LogP contribution >= 0.6 is 27.5 Å². The first-order chi connectivity index (χ1) is 7.98. The van der Waals surface area contributed by atoms with Crippen LogP contribution in [0.25, 0.3) is 0 Å². The summed E-state index contributed by atoms with van der Waals surface area (Å²) in [6.07, 6.45) is 0.0392. The maximum atomic E-state index is 6.25. The smallest absolute Gasteiger partial charge is 0.0963 e. The van der Waals surface area contributed by atoms with E-state index in [1.807, 2.05) is 18.2 Å². The Morgan fingerprint density at radius 3 is 2.94 bits per heavy atom. The van der Waals surface area contributed by atoms with Crippen LogP contribution in [0.15, 0.2) is 22.7 Å². The highest BCUT2D eigenvalue weighted by Gasteiger charge is 2.26. The van der Waals surface area contributed by atoms with E-state index in [1.165, 1.54) is 0 Å². The summed E-state index contributed by atoms with van der Waals surface area (Å²) in [5, 5.41) is 4.19. The third-order valence-corrected chi connectivity index (χ3v) is 3.74. The van der Waals surface area contributed by atoms with Crippen molar-refractivity contribution in [1.29, 1.82) is 0 Å². The topological polar surface area (TPSA) is 21.3 Å². The van der Waals surface area contributed by atoms with Crippen LogP contribution in [0.1, 0.15) is 25.5 Å². The normalized spacial score (nSPS) is 24.4. The predicted molar refractivity (Wildman–Crippen MR) is 74.5 cm³/mol. The largest absolute Gasteiger partial charge is 0.372 e. The second-order valence-electron chi connectivity index (χ2n) is 5.26. The molecule has 2 rings (SSSR count). The molecule has 1 aromatic rings. The van der Waals surface area contributed by atoms with Crippen molar-refractivity contribution in [3.8, 4) is 0 Å². The molecule has 1 aliphatic rings. The predicted octanol–water partition coefficient (Wildman–Crippen LogP) is 3.79. The molecule has 94 valence electrons. The van der Waals surface area contributed by atoms with E-state index in [0.29, 0.717) is 0 Å². The highest BCUT2D eigenvalue weighted by atomic mass is 79.9. The van der Waals surface area contributed by atoms with Gasteiger partial charge < -0.3 is 10.1 Å². The number of benzene rings is 1. The van der Waals surface area contributed by atoms with Crippen LogP contribution in [0.2, 0.25) is 5.02 Å². The van der Waals surface area contributed by atoms with E-state index in [2.05, 4.69) is 35.1 Å². The summed E-state index contributed by atoms with van der Waals surface area (Å²) in [6, 6.07) is 5.94. The first-order valence-electron chi connectivity index (χ1n) is 5.75. The van der Waals surface area contributed by atoms with E-state index >= 15 is 0 Å². The molecule has 1 heterocycles. The molecule has 0 spiro atoms. The van der Waals surface area contributed by atoms with Gasteiger partial charge in [-0.15, -0.1) is 0 Å². The van der Waals surface area contributed by atoms with Gasteiger partial charge in [0.15, 0.2) is 0 Å². The SMILES string of the molecule is CC1(C)CNCC(c2ccc(Br)cc2Cl)OC1. The van der Waals surface area contributed by atoms with Gasteiger partial charge in [-0.25, -0.2) is 0 Å². The molecule has 4 heteroatoms. The molecule has 2 nitrogen and oxygen atoms in total. The lowest BCUT2D eigenvalue weighted by atomic mass is 9.95. The molecule has 0 aliphatic carbocycles. The summed E-state index contributed by atoms with van der Waals surface area (Å²) in [7, 11) is 0. The monoisotopic (exact) mass is 317 g/mol. The Kier molecular flexibility index (Phi) is 4.14. The van der Waals surface area contributed by atoms with Crippen LogP contribution in [-0.2, 0) is 4.74 Å². The highest BCUT2D eigenvalue weighted by Crippen LogP contribution is 2.31. The first-order valence-corrected chi connectivity index (χ1v) is 6.92. The minimum absolute atomic E-state index is 0.0392. The Bertz CT molecular complexity index is 408. The van der Waals surface area contributed by atoms with E-state index < -0.39 is 0 Å².